The van der Waals surface area contributed by atoms with Crippen molar-refractivity contribution < 1.29 is 14.7 Å². The maximum atomic E-state index is 12.7. The topological polar surface area (TPSA) is 75.4 Å². The van der Waals surface area contributed by atoms with Gasteiger partial charge in [0.2, 0.25) is 0 Å². The first-order valence-electron chi connectivity index (χ1n) is 7.81. The molecule has 22 heavy (non-hydrogen) atoms. The molecular formula is C15H21N3O3S. The van der Waals surface area contributed by atoms with Crippen LogP contribution in [-0.4, -0.2) is 55.8 Å². The summed E-state index contributed by atoms with van der Waals surface area (Å²) in [5.74, 6) is 0.539. The van der Waals surface area contributed by atoms with Gasteiger partial charge in [-0.15, -0.1) is 0 Å². The van der Waals surface area contributed by atoms with Crippen LogP contribution in [0.4, 0.5) is 0 Å². The molecule has 7 heteroatoms. The zero-order valence-electron chi connectivity index (χ0n) is 12.5. The van der Waals surface area contributed by atoms with Crippen molar-refractivity contribution in [1.82, 2.24) is 14.7 Å². The highest BCUT2D eigenvalue weighted by atomic mass is 32.2. The van der Waals surface area contributed by atoms with Gasteiger partial charge in [0, 0.05) is 24.2 Å². The lowest BCUT2D eigenvalue weighted by molar-refractivity contribution is -0.138. The van der Waals surface area contributed by atoms with Gasteiger partial charge in [0.1, 0.15) is 5.69 Å². The minimum atomic E-state index is -0.859. The van der Waals surface area contributed by atoms with E-state index < -0.39 is 5.97 Å². The largest absolute Gasteiger partial charge is 0.481 e. The number of thioether (sulfide) groups is 1. The van der Waals surface area contributed by atoms with Crippen molar-refractivity contribution in [3.63, 3.8) is 0 Å². The van der Waals surface area contributed by atoms with Crippen molar-refractivity contribution >= 4 is 23.6 Å². The summed E-state index contributed by atoms with van der Waals surface area (Å²) in [6.45, 7) is 0.595. The highest BCUT2D eigenvalue weighted by Crippen LogP contribution is 2.29. The van der Waals surface area contributed by atoms with Crippen LogP contribution in [0.15, 0.2) is 12.3 Å². The fourth-order valence-corrected chi connectivity index (χ4v) is 4.33. The molecule has 1 saturated carbocycles. The van der Waals surface area contributed by atoms with Gasteiger partial charge in [-0.1, -0.05) is 12.8 Å². The van der Waals surface area contributed by atoms with Gasteiger partial charge >= 0.3 is 5.97 Å². The molecule has 0 bridgehead atoms. The van der Waals surface area contributed by atoms with E-state index in [4.69, 9.17) is 5.11 Å². The molecule has 1 N–H and O–H groups in total. The Balaban J connectivity index is 1.72. The number of nitrogens with zero attached hydrogens (tertiary/aromatic N) is 3. The van der Waals surface area contributed by atoms with E-state index in [9.17, 15) is 9.59 Å². The van der Waals surface area contributed by atoms with Crippen LogP contribution in [-0.2, 0) is 4.79 Å². The predicted molar refractivity (Wildman–Crippen MR) is 84.1 cm³/mol. The number of carbonyl (C=O) groups is 2. The normalized spacial score (nSPS) is 22.9. The van der Waals surface area contributed by atoms with E-state index in [2.05, 4.69) is 5.10 Å². The van der Waals surface area contributed by atoms with Crippen molar-refractivity contribution in [2.24, 2.45) is 0 Å². The van der Waals surface area contributed by atoms with Gasteiger partial charge in [0.25, 0.3) is 5.91 Å². The molecule has 1 aliphatic carbocycles. The Labute approximate surface area is 133 Å². The fourth-order valence-electron chi connectivity index (χ4n) is 3.26. The molecule has 0 radical (unpaired) electrons. The molecule has 2 aliphatic rings. The Kier molecular flexibility index (Phi) is 4.71. The summed E-state index contributed by atoms with van der Waals surface area (Å²) >= 11 is 1.70. The fraction of sp³-hybridized carbons (Fsp3) is 0.667. The number of amides is 1. The van der Waals surface area contributed by atoms with Crippen molar-refractivity contribution in [1.29, 1.82) is 0 Å². The Morgan fingerprint density at radius 3 is 2.86 bits per heavy atom. The number of hydrogen-bond acceptors (Lipinski definition) is 4. The SMILES string of the molecule is O=C(O)CC1CSCCN1C(=O)c1ccn(C2CCCC2)n1. The Morgan fingerprint density at radius 2 is 2.14 bits per heavy atom. The van der Waals surface area contributed by atoms with E-state index in [1.165, 1.54) is 12.8 Å². The van der Waals surface area contributed by atoms with Crippen LogP contribution in [0.2, 0.25) is 0 Å². The maximum absolute atomic E-state index is 12.7. The minimum absolute atomic E-state index is 0.00206. The number of hydrogen-bond donors (Lipinski definition) is 1. The molecule has 2 fully saturated rings. The molecule has 3 rings (SSSR count). The van der Waals surface area contributed by atoms with E-state index in [0.717, 1.165) is 18.6 Å². The second-order valence-corrected chi connectivity index (χ2v) is 7.09. The van der Waals surface area contributed by atoms with Crippen LogP contribution in [0.5, 0.6) is 0 Å². The zero-order valence-corrected chi connectivity index (χ0v) is 13.3. The molecule has 1 aromatic rings. The first-order valence-corrected chi connectivity index (χ1v) is 8.96. The van der Waals surface area contributed by atoms with Crippen LogP contribution < -0.4 is 0 Å². The summed E-state index contributed by atoms with van der Waals surface area (Å²) in [5.41, 5.74) is 0.439. The van der Waals surface area contributed by atoms with Crippen LogP contribution >= 0.6 is 11.8 Å². The number of aromatic nitrogens is 2. The molecule has 1 saturated heterocycles. The third-order valence-corrected chi connectivity index (χ3v) is 5.52. The zero-order chi connectivity index (χ0) is 15.5. The van der Waals surface area contributed by atoms with Crippen LogP contribution in [0.25, 0.3) is 0 Å². The van der Waals surface area contributed by atoms with Crippen molar-refractivity contribution in [2.45, 2.75) is 44.2 Å². The first-order chi connectivity index (χ1) is 10.6. The molecule has 1 amide bonds. The van der Waals surface area contributed by atoms with Crippen molar-refractivity contribution in [3.8, 4) is 0 Å². The number of aliphatic carboxylic acids is 1. The van der Waals surface area contributed by atoms with Gasteiger partial charge in [-0.05, 0) is 18.9 Å². The highest BCUT2D eigenvalue weighted by Gasteiger charge is 2.31. The van der Waals surface area contributed by atoms with Crippen LogP contribution in [0.3, 0.4) is 0 Å². The van der Waals surface area contributed by atoms with E-state index in [1.54, 1.807) is 22.7 Å². The smallest absolute Gasteiger partial charge is 0.305 e. The number of carboxylic acid groups (broad SMARTS) is 1. The molecule has 0 aromatic carbocycles. The molecule has 1 aliphatic heterocycles. The van der Waals surface area contributed by atoms with Gasteiger partial charge in [-0.25, -0.2) is 0 Å². The highest BCUT2D eigenvalue weighted by molar-refractivity contribution is 7.99. The second-order valence-electron chi connectivity index (χ2n) is 5.94. The minimum Gasteiger partial charge on any atom is -0.481 e. The van der Waals surface area contributed by atoms with Gasteiger partial charge in [-0.2, -0.15) is 16.9 Å². The monoisotopic (exact) mass is 323 g/mol. The molecule has 1 atom stereocenters. The molecule has 2 heterocycles. The lowest BCUT2D eigenvalue weighted by Gasteiger charge is -2.34. The van der Waals surface area contributed by atoms with Gasteiger partial charge < -0.3 is 10.0 Å². The van der Waals surface area contributed by atoms with E-state index in [-0.39, 0.29) is 18.4 Å². The third kappa shape index (κ3) is 3.29. The lowest BCUT2D eigenvalue weighted by atomic mass is 10.2. The number of rotatable bonds is 4. The third-order valence-electron chi connectivity index (χ3n) is 4.42. The Bertz CT molecular complexity index is 554. The van der Waals surface area contributed by atoms with E-state index in [1.807, 2.05) is 10.9 Å². The molecular weight excluding hydrogens is 302 g/mol. The van der Waals surface area contributed by atoms with Gasteiger partial charge in [-0.3, -0.25) is 14.3 Å². The molecule has 120 valence electrons. The molecule has 1 aromatic heterocycles. The average Bonchev–Trinajstić information content (AvgIpc) is 3.17. The summed E-state index contributed by atoms with van der Waals surface area (Å²) in [6, 6.07) is 1.94. The van der Waals surface area contributed by atoms with Crippen LogP contribution in [0, 0.1) is 0 Å². The molecule has 6 nitrogen and oxygen atoms in total. The van der Waals surface area contributed by atoms with Gasteiger partial charge in [0.05, 0.1) is 18.5 Å². The molecule has 0 spiro atoms. The Hall–Kier alpha value is -1.50. The van der Waals surface area contributed by atoms with E-state index >= 15 is 0 Å². The average molecular weight is 323 g/mol. The van der Waals surface area contributed by atoms with Crippen LogP contribution in [0.1, 0.15) is 48.6 Å². The number of carboxylic acids is 1. The first kappa shape index (κ1) is 15.4. The standard InChI is InChI=1S/C15H21N3O3S/c19-14(20)9-12-10-22-8-7-17(12)15(21)13-5-6-18(16-13)11-3-1-2-4-11/h5-6,11-12H,1-4,7-10H2,(H,19,20). The molecule has 1 unspecified atom stereocenters. The van der Waals surface area contributed by atoms with E-state index in [0.29, 0.717) is 24.0 Å². The second kappa shape index (κ2) is 6.73. The lowest BCUT2D eigenvalue weighted by Crippen LogP contribution is -2.47. The summed E-state index contributed by atoms with van der Waals surface area (Å²) in [5, 5.41) is 13.5. The Morgan fingerprint density at radius 1 is 1.36 bits per heavy atom. The summed E-state index contributed by atoms with van der Waals surface area (Å²) < 4.78 is 1.91. The summed E-state index contributed by atoms with van der Waals surface area (Å²) in [6.07, 6.45) is 6.57. The summed E-state index contributed by atoms with van der Waals surface area (Å²) in [7, 11) is 0. The van der Waals surface area contributed by atoms with Crippen molar-refractivity contribution in [3.05, 3.63) is 18.0 Å². The predicted octanol–water partition coefficient (Wildman–Crippen LogP) is 2.03. The number of carbonyl (C=O) groups excluding carboxylic acids is 1. The van der Waals surface area contributed by atoms with Crippen molar-refractivity contribution in [2.75, 3.05) is 18.1 Å². The maximum Gasteiger partial charge on any atom is 0.305 e. The quantitative estimate of drug-likeness (QED) is 0.917. The summed E-state index contributed by atoms with van der Waals surface area (Å²) in [4.78, 5) is 25.3. The van der Waals surface area contributed by atoms with Gasteiger partial charge in [0.15, 0.2) is 0 Å².